The van der Waals surface area contributed by atoms with Crippen LogP contribution in [-0.4, -0.2) is 50.4 Å². The Balaban J connectivity index is 2.22. The molecule has 0 spiro atoms. The van der Waals surface area contributed by atoms with E-state index in [1.54, 1.807) is 6.92 Å². The standard InChI is InChI=1S/C15H19N3O5S2/c1-11-13(14(19)18(25(3,20)21)23-10-9-22-2)17-15(24-11)16-12-7-5-4-6-8-12/h4-8H,9-10H2,1-3H3,(H,16,17). The summed E-state index contributed by atoms with van der Waals surface area (Å²) in [4.78, 5) is 22.4. The quantitative estimate of drug-likeness (QED) is 0.549. The van der Waals surface area contributed by atoms with E-state index in [1.165, 1.54) is 18.4 Å². The molecule has 0 fully saturated rings. The van der Waals surface area contributed by atoms with Crippen LogP contribution in [0.5, 0.6) is 0 Å². The number of rotatable bonds is 8. The predicted octanol–water partition coefficient (Wildman–Crippen LogP) is 2.17. The van der Waals surface area contributed by atoms with Crippen molar-refractivity contribution < 1.29 is 22.8 Å². The fourth-order valence-electron chi connectivity index (χ4n) is 1.89. The van der Waals surface area contributed by atoms with Gasteiger partial charge in [-0.05, 0) is 19.1 Å². The molecular formula is C15H19N3O5S2. The van der Waals surface area contributed by atoms with Crippen LogP contribution in [0.3, 0.4) is 0 Å². The first-order valence-electron chi connectivity index (χ1n) is 7.29. The molecule has 0 unspecified atom stereocenters. The number of hydroxylamine groups is 1. The Labute approximate surface area is 150 Å². The summed E-state index contributed by atoms with van der Waals surface area (Å²) in [5, 5.41) is 3.56. The number of ether oxygens (including phenoxy) is 1. The monoisotopic (exact) mass is 385 g/mol. The van der Waals surface area contributed by atoms with Gasteiger partial charge in [0.25, 0.3) is 10.0 Å². The van der Waals surface area contributed by atoms with E-state index in [2.05, 4.69) is 10.3 Å². The molecule has 8 nitrogen and oxygen atoms in total. The minimum atomic E-state index is -3.91. The molecule has 0 radical (unpaired) electrons. The number of hydrogen-bond donors (Lipinski definition) is 1. The molecule has 25 heavy (non-hydrogen) atoms. The molecule has 2 aromatic rings. The Morgan fingerprint density at radius 2 is 1.96 bits per heavy atom. The first-order valence-corrected chi connectivity index (χ1v) is 9.95. The van der Waals surface area contributed by atoms with E-state index in [1.807, 2.05) is 30.3 Å². The van der Waals surface area contributed by atoms with Crippen molar-refractivity contribution >= 4 is 38.1 Å². The minimum absolute atomic E-state index is 0.0197. The zero-order chi connectivity index (χ0) is 18.4. The normalized spacial score (nSPS) is 11.3. The molecule has 1 aromatic carbocycles. The van der Waals surface area contributed by atoms with Crippen molar-refractivity contribution in [2.45, 2.75) is 6.92 Å². The minimum Gasteiger partial charge on any atom is -0.382 e. The lowest BCUT2D eigenvalue weighted by atomic mass is 10.3. The lowest BCUT2D eigenvalue weighted by Crippen LogP contribution is -2.37. The number of benzene rings is 1. The van der Waals surface area contributed by atoms with Gasteiger partial charge in [-0.25, -0.2) is 13.4 Å². The third-order valence-electron chi connectivity index (χ3n) is 2.99. The largest absolute Gasteiger partial charge is 0.382 e. The van der Waals surface area contributed by atoms with E-state index in [9.17, 15) is 13.2 Å². The average molecular weight is 385 g/mol. The van der Waals surface area contributed by atoms with Crippen molar-refractivity contribution in [3.63, 3.8) is 0 Å². The average Bonchev–Trinajstić information content (AvgIpc) is 2.91. The van der Waals surface area contributed by atoms with Crippen molar-refractivity contribution in [3.05, 3.63) is 40.9 Å². The number of methoxy groups -OCH3 is 1. The molecule has 1 aromatic heterocycles. The molecule has 0 aliphatic rings. The van der Waals surface area contributed by atoms with E-state index < -0.39 is 15.9 Å². The highest BCUT2D eigenvalue weighted by molar-refractivity contribution is 7.88. The molecular weight excluding hydrogens is 366 g/mol. The molecule has 0 atom stereocenters. The number of nitrogens with one attached hydrogen (secondary N) is 1. The van der Waals surface area contributed by atoms with Gasteiger partial charge in [-0.1, -0.05) is 18.2 Å². The summed E-state index contributed by atoms with van der Waals surface area (Å²) < 4.78 is 28.8. The van der Waals surface area contributed by atoms with Crippen LogP contribution in [0.1, 0.15) is 15.4 Å². The van der Waals surface area contributed by atoms with Gasteiger partial charge in [0.1, 0.15) is 5.69 Å². The number of carbonyl (C=O) groups is 1. The highest BCUT2D eigenvalue weighted by Gasteiger charge is 2.29. The summed E-state index contributed by atoms with van der Waals surface area (Å²) in [6.45, 7) is 1.76. The van der Waals surface area contributed by atoms with Gasteiger partial charge in [0.15, 0.2) is 5.13 Å². The second-order valence-electron chi connectivity index (χ2n) is 5.04. The summed E-state index contributed by atoms with van der Waals surface area (Å²) in [5.41, 5.74) is 0.831. The van der Waals surface area contributed by atoms with E-state index in [4.69, 9.17) is 9.57 Å². The Morgan fingerprint density at radius 3 is 2.56 bits per heavy atom. The van der Waals surface area contributed by atoms with Gasteiger partial charge >= 0.3 is 5.91 Å². The lowest BCUT2D eigenvalue weighted by molar-refractivity contribution is -0.0741. The van der Waals surface area contributed by atoms with Crippen molar-refractivity contribution in [1.29, 1.82) is 0 Å². The molecule has 136 valence electrons. The molecule has 1 N–H and O–H groups in total. The van der Waals surface area contributed by atoms with Gasteiger partial charge < -0.3 is 10.1 Å². The number of anilines is 2. The van der Waals surface area contributed by atoms with Gasteiger partial charge in [-0.15, -0.1) is 15.8 Å². The van der Waals surface area contributed by atoms with E-state index in [-0.39, 0.29) is 18.9 Å². The van der Waals surface area contributed by atoms with Crippen LogP contribution < -0.4 is 5.32 Å². The number of hydrogen-bond acceptors (Lipinski definition) is 8. The van der Waals surface area contributed by atoms with Gasteiger partial charge in [0.05, 0.1) is 19.5 Å². The lowest BCUT2D eigenvalue weighted by Gasteiger charge is -2.18. The van der Waals surface area contributed by atoms with E-state index in [0.29, 0.717) is 14.5 Å². The maximum Gasteiger partial charge on any atom is 0.311 e. The number of para-hydroxylation sites is 1. The molecule has 0 aliphatic heterocycles. The molecule has 2 rings (SSSR count). The Kier molecular flexibility index (Phi) is 6.48. The number of carbonyl (C=O) groups excluding carboxylic acids is 1. The number of aryl methyl sites for hydroxylation is 1. The third-order valence-corrected chi connectivity index (χ3v) is 4.75. The fourth-order valence-corrected chi connectivity index (χ4v) is 3.37. The van der Waals surface area contributed by atoms with Crippen molar-refractivity contribution in [2.24, 2.45) is 0 Å². The summed E-state index contributed by atoms with van der Waals surface area (Å²) in [6, 6.07) is 9.33. The maximum absolute atomic E-state index is 12.6. The highest BCUT2D eigenvalue weighted by atomic mass is 32.2. The molecule has 0 aliphatic carbocycles. The topological polar surface area (TPSA) is 97.8 Å². The van der Waals surface area contributed by atoms with Crippen molar-refractivity contribution in [3.8, 4) is 0 Å². The first-order chi connectivity index (χ1) is 11.8. The number of amides is 1. The van der Waals surface area contributed by atoms with Gasteiger partial charge in [-0.2, -0.15) is 0 Å². The zero-order valence-electron chi connectivity index (χ0n) is 14.1. The molecule has 0 saturated heterocycles. The summed E-state index contributed by atoms with van der Waals surface area (Å²) in [6.07, 6.45) is 0.891. The van der Waals surface area contributed by atoms with Crippen molar-refractivity contribution in [1.82, 2.24) is 9.45 Å². The summed E-state index contributed by atoms with van der Waals surface area (Å²) in [5.74, 6) is -0.839. The Morgan fingerprint density at radius 1 is 1.28 bits per heavy atom. The van der Waals surface area contributed by atoms with Gasteiger partial charge in [0, 0.05) is 17.7 Å². The summed E-state index contributed by atoms with van der Waals surface area (Å²) in [7, 11) is -2.46. The van der Waals surface area contributed by atoms with Crippen LogP contribution in [-0.2, 0) is 19.6 Å². The number of aromatic nitrogens is 1. The van der Waals surface area contributed by atoms with Gasteiger partial charge in [-0.3, -0.25) is 9.63 Å². The van der Waals surface area contributed by atoms with Crippen LogP contribution >= 0.6 is 11.3 Å². The van der Waals surface area contributed by atoms with Crippen LogP contribution in [0, 0.1) is 6.92 Å². The highest BCUT2D eigenvalue weighted by Crippen LogP contribution is 2.26. The van der Waals surface area contributed by atoms with E-state index >= 15 is 0 Å². The van der Waals surface area contributed by atoms with Crippen LogP contribution in [0.2, 0.25) is 0 Å². The molecule has 1 amide bonds. The van der Waals surface area contributed by atoms with Crippen LogP contribution in [0.4, 0.5) is 10.8 Å². The maximum atomic E-state index is 12.6. The predicted molar refractivity (Wildman–Crippen MR) is 95.4 cm³/mol. The second-order valence-corrected chi connectivity index (χ2v) is 8.04. The number of sulfonamides is 1. The number of thiazole rings is 1. The Bertz CT molecular complexity index is 821. The molecule has 1 heterocycles. The molecule has 0 saturated carbocycles. The van der Waals surface area contributed by atoms with Crippen LogP contribution in [0.25, 0.3) is 0 Å². The molecule has 10 heteroatoms. The fraction of sp³-hybridized carbons (Fsp3) is 0.333. The second kappa shape index (κ2) is 8.39. The van der Waals surface area contributed by atoms with E-state index in [0.717, 1.165) is 11.9 Å². The first kappa shape index (κ1) is 19.3. The van der Waals surface area contributed by atoms with Crippen molar-refractivity contribution in [2.75, 3.05) is 31.9 Å². The van der Waals surface area contributed by atoms with Crippen LogP contribution in [0.15, 0.2) is 30.3 Å². The zero-order valence-corrected chi connectivity index (χ0v) is 15.7. The SMILES string of the molecule is COCCON(C(=O)c1nc(Nc2ccccc2)sc1C)S(C)(=O)=O. The molecule has 0 bridgehead atoms. The number of nitrogens with zero attached hydrogens (tertiary/aromatic N) is 2. The third kappa shape index (κ3) is 5.23. The summed E-state index contributed by atoms with van der Waals surface area (Å²) >= 11 is 1.25. The smallest absolute Gasteiger partial charge is 0.311 e. The Hall–Kier alpha value is -2.01. The van der Waals surface area contributed by atoms with Gasteiger partial charge in [0.2, 0.25) is 0 Å².